The van der Waals surface area contributed by atoms with Gasteiger partial charge in [-0.05, 0) is 12.1 Å². The van der Waals surface area contributed by atoms with Crippen LogP contribution in [0.1, 0.15) is 11.7 Å². The van der Waals surface area contributed by atoms with Gasteiger partial charge < -0.3 is 10.3 Å². The minimum atomic E-state index is -0.994. The first-order chi connectivity index (χ1) is 9.78. The van der Waals surface area contributed by atoms with Crippen molar-refractivity contribution in [1.29, 1.82) is 5.26 Å². The summed E-state index contributed by atoms with van der Waals surface area (Å²) in [6.07, 6.45) is 1.59. The third-order valence-electron chi connectivity index (χ3n) is 2.73. The molecule has 3 aromatic rings. The van der Waals surface area contributed by atoms with E-state index in [1.54, 1.807) is 11.6 Å². The summed E-state index contributed by atoms with van der Waals surface area (Å²) in [6, 6.07) is 9.34. The van der Waals surface area contributed by atoms with Crippen molar-refractivity contribution in [3.63, 3.8) is 0 Å². The number of hydrogen-bond donors (Lipinski definition) is 2. The average Bonchev–Trinajstić information content (AvgIpc) is 3.08. The summed E-state index contributed by atoms with van der Waals surface area (Å²) in [7, 11) is 0. The average molecular weight is 283 g/mol. The lowest BCUT2D eigenvalue weighted by Crippen LogP contribution is -2.20. The van der Waals surface area contributed by atoms with Crippen molar-refractivity contribution in [3.05, 3.63) is 41.7 Å². The molecular weight excluding hydrogens is 274 g/mol. The van der Waals surface area contributed by atoms with Gasteiger partial charge in [0.2, 0.25) is 0 Å². The van der Waals surface area contributed by atoms with Crippen LogP contribution in [0.3, 0.4) is 0 Å². The van der Waals surface area contributed by atoms with Gasteiger partial charge in [-0.3, -0.25) is 4.79 Å². The molecule has 98 valence electrons. The van der Waals surface area contributed by atoms with Crippen LogP contribution in [0, 0.1) is 11.3 Å². The van der Waals surface area contributed by atoms with Gasteiger partial charge in [-0.25, -0.2) is 9.97 Å². The van der Waals surface area contributed by atoms with Crippen molar-refractivity contribution < 1.29 is 4.79 Å². The first kappa shape index (κ1) is 12.3. The Kier molecular flexibility index (Phi) is 3.15. The van der Waals surface area contributed by atoms with Crippen LogP contribution in [-0.4, -0.2) is 20.9 Å². The lowest BCUT2D eigenvalue weighted by molar-refractivity contribution is -0.116. The van der Waals surface area contributed by atoms with Gasteiger partial charge in [-0.1, -0.05) is 12.1 Å². The fourth-order valence-corrected chi connectivity index (χ4v) is 2.35. The zero-order valence-electron chi connectivity index (χ0n) is 10.2. The number of aromatic nitrogens is 3. The Morgan fingerprint density at radius 3 is 3.00 bits per heavy atom. The summed E-state index contributed by atoms with van der Waals surface area (Å²) in [4.78, 5) is 23.3. The van der Waals surface area contributed by atoms with Crippen LogP contribution >= 0.6 is 11.3 Å². The highest BCUT2D eigenvalue weighted by Crippen LogP contribution is 2.19. The van der Waals surface area contributed by atoms with Crippen LogP contribution in [0.4, 0.5) is 5.13 Å². The Morgan fingerprint density at radius 1 is 1.45 bits per heavy atom. The minimum absolute atomic E-state index is 0.336. The fraction of sp³-hybridized carbons (Fsp3) is 0.0769. The van der Waals surface area contributed by atoms with E-state index in [2.05, 4.69) is 20.3 Å². The molecule has 6 nitrogen and oxygen atoms in total. The third kappa shape index (κ3) is 2.24. The maximum atomic E-state index is 12.1. The van der Waals surface area contributed by atoms with E-state index in [0.717, 1.165) is 11.0 Å². The maximum absolute atomic E-state index is 12.1. The van der Waals surface area contributed by atoms with Crippen LogP contribution in [0.5, 0.6) is 0 Å². The Hall–Kier alpha value is -2.72. The molecule has 0 saturated carbocycles. The molecule has 1 aromatic carbocycles. The van der Waals surface area contributed by atoms with Crippen LogP contribution in [-0.2, 0) is 4.79 Å². The van der Waals surface area contributed by atoms with E-state index in [4.69, 9.17) is 0 Å². The number of hydrogen-bond acceptors (Lipinski definition) is 5. The highest BCUT2D eigenvalue weighted by atomic mass is 32.1. The number of nitrogens with zero attached hydrogens (tertiary/aromatic N) is 3. The summed E-state index contributed by atoms with van der Waals surface area (Å²) < 4.78 is 0. The number of para-hydroxylation sites is 2. The second-order valence-corrected chi connectivity index (χ2v) is 4.92. The van der Waals surface area contributed by atoms with Gasteiger partial charge in [0.1, 0.15) is 5.82 Å². The first-order valence-corrected chi connectivity index (χ1v) is 6.70. The van der Waals surface area contributed by atoms with Crippen molar-refractivity contribution in [2.75, 3.05) is 5.32 Å². The number of aromatic amines is 1. The number of imidazole rings is 1. The van der Waals surface area contributed by atoms with E-state index in [1.165, 1.54) is 11.3 Å². The molecule has 0 bridgehead atoms. The third-order valence-corrected chi connectivity index (χ3v) is 3.42. The van der Waals surface area contributed by atoms with Gasteiger partial charge in [0, 0.05) is 11.6 Å². The quantitative estimate of drug-likeness (QED) is 0.770. The lowest BCUT2D eigenvalue weighted by atomic mass is 10.1. The molecule has 2 aromatic heterocycles. The minimum Gasteiger partial charge on any atom is -0.340 e. The number of rotatable bonds is 3. The van der Waals surface area contributed by atoms with Crippen LogP contribution in [0.2, 0.25) is 0 Å². The molecule has 0 spiro atoms. The molecule has 0 saturated heterocycles. The smallest absolute Gasteiger partial charge is 0.251 e. The molecule has 1 amide bonds. The monoisotopic (exact) mass is 283 g/mol. The summed E-state index contributed by atoms with van der Waals surface area (Å²) in [6.45, 7) is 0. The molecule has 7 heteroatoms. The van der Waals surface area contributed by atoms with E-state index in [1.807, 2.05) is 30.3 Å². The van der Waals surface area contributed by atoms with Gasteiger partial charge >= 0.3 is 0 Å². The number of carbonyl (C=O) groups excluding carboxylic acids is 1. The normalized spacial score (nSPS) is 11.9. The molecule has 2 heterocycles. The van der Waals surface area contributed by atoms with Gasteiger partial charge in [0.15, 0.2) is 11.0 Å². The SMILES string of the molecule is N#C[C@@H](C(=O)Nc1nccs1)c1nc2ccccc2[nH]1. The Morgan fingerprint density at radius 2 is 2.30 bits per heavy atom. The number of fused-ring (bicyclic) bond motifs is 1. The number of amides is 1. The Balaban J connectivity index is 1.89. The standard InChI is InChI=1S/C13H9N5OS/c14-7-8(12(19)18-13-15-5-6-20-13)11-16-9-3-1-2-4-10(9)17-11/h1-6,8H,(H,16,17)(H,15,18,19)/t8-/m1/s1. The molecule has 0 aliphatic heterocycles. The second-order valence-electron chi connectivity index (χ2n) is 4.03. The van der Waals surface area contributed by atoms with Gasteiger partial charge in [0.05, 0.1) is 17.1 Å². The van der Waals surface area contributed by atoms with E-state index in [0.29, 0.717) is 11.0 Å². The molecule has 20 heavy (non-hydrogen) atoms. The maximum Gasteiger partial charge on any atom is 0.251 e. The number of anilines is 1. The zero-order valence-corrected chi connectivity index (χ0v) is 11.0. The van der Waals surface area contributed by atoms with Crippen molar-refractivity contribution in [3.8, 4) is 6.07 Å². The second kappa shape index (κ2) is 5.11. The van der Waals surface area contributed by atoms with Crippen LogP contribution in [0.25, 0.3) is 11.0 Å². The highest BCUT2D eigenvalue weighted by Gasteiger charge is 2.24. The van der Waals surface area contributed by atoms with Gasteiger partial charge in [0.25, 0.3) is 5.91 Å². The summed E-state index contributed by atoms with van der Waals surface area (Å²) in [5.41, 5.74) is 1.52. The lowest BCUT2D eigenvalue weighted by Gasteiger charge is -2.05. The predicted molar refractivity (Wildman–Crippen MR) is 75.2 cm³/mol. The molecule has 0 aliphatic rings. The first-order valence-electron chi connectivity index (χ1n) is 5.82. The fourth-order valence-electron chi connectivity index (χ4n) is 1.82. The van der Waals surface area contributed by atoms with E-state index in [-0.39, 0.29) is 0 Å². The van der Waals surface area contributed by atoms with Crippen molar-refractivity contribution >= 4 is 33.4 Å². The molecular formula is C13H9N5OS. The summed E-state index contributed by atoms with van der Waals surface area (Å²) in [5, 5.41) is 14.0. The predicted octanol–water partition coefficient (Wildman–Crippen LogP) is 2.27. The molecule has 3 rings (SSSR count). The largest absolute Gasteiger partial charge is 0.340 e. The number of nitrogens with one attached hydrogen (secondary N) is 2. The van der Waals surface area contributed by atoms with Crippen molar-refractivity contribution in [1.82, 2.24) is 15.0 Å². The molecule has 0 aliphatic carbocycles. The van der Waals surface area contributed by atoms with E-state index >= 15 is 0 Å². The van der Waals surface area contributed by atoms with Crippen molar-refractivity contribution in [2.45, 2.75) is 5.92 Å². The molecule has 2 N–H and O–H groups in total. The van der Waals surface area contributed by atoms with Gasteiger partial charge in [-0.15, -0.1) is 11.3 Å². The number of H-pyrrole nitrogens is 1. The van der Waals surface area contributed by atoms with Crippen molar-refractivity contribution in [2.24, 2.45) is 0 Å². The molecule has 1 atom stereocenters. The number of benzene rings is 1. The topological polar surface area (TPSA) is 94.5 Å². The Labute approximate surface area is 118 Å². The summed E-state index contributed by atoms with van der Waals surface area (Å²) >= 11 is 1.30. The van der Waals surface area contributed by atoms with Gasteiger partial charge in [-0.2, -0.15) is 5.26 Å². The molecule has 0 unspecified atom stereocenters. The van der Waals surface area contributed by atoms with Crippen LogP contribution < -0.4 is 5.32 Å². The number of carbonyl (C=O) groups is 1. The van der Waals surface area contributed by atoms with Crippen LogP contribution in [0.15, 0.2) is 35.8 Å². The highest BCUT2D eigenvalue weighted by molar-refractivity contribution is 7.13. The Bertz CT molecular complexity index is 754. The van der Waals surface area contributed by atoms with E-state index < -0.39 is 11.8 Å². The van der Waals surface area contributed by atoms with E-state index in [9.17, 15) is 10.1 Å². The number of thiazole rings is 1. The zero-order chi connectivity index (χ0) is 13.9. The molecule has 0 fully saturated rings. The molecule has 0 radical (unpaired) electrons. The number of nitriles is 1. The summed E-state index contributed by atoms with van der Waals surface area (Å²) in [5.74, 6) is -1.10.